The lowest BCUT2D eigenvalue weighted by molar-refractivity contribution is 0.0906. The van der Waals surface area contributed by atoms with Gasteiger partial charge in [-0.1, -0.05) is 6.92 Å². The van der Waals surface area contributed by atoms with Crippen LogP contribution in [-0.2, 0) is 6.42 Å². The van der Waals surface area contributed by atoms with Gasteiger partial charge < -0.3 is 14.8 Å². The molecule has 1 rings (SSSR count). The molecule has 0 saturated carbocycles. The van der Waals surface area contributed by atoms with Gasteiger partial charge in [-0.3, -0.25) is 4.79 Å². The molecule has 2 N–H and O–H groups in total. The van der Waals surface area contributed by atoms with E-state index in [0.717, 1.165) is 17.7 Å². The van der Waals surface area contributed by atoms with Crippen molar-refractivity contribution in [2.75, 3.05) is 12.9 Å². The molecule has 1 amide bonds. The average Bonchev–Trinajstić information content (AvgIpc) is 2.72. The normalized spacial score (nSPS) is 14.3. The van der Waals surface area contributed by atoms with Gasteiger partial charge in [0.15, 0.2) is 5.76 Å². The van der Waals surface area contributed by atoms with Gasteiger partial charge in [-0.15, -0.1) is 0 Å². The molecular formula is C13H21NO3S. The molecule has 1 aromatic heterocycles. The SMILES string of the molecule is CCc1oc(C(=O)NC(C)C(CO)SC)cc1C. The predicted octanol–water partition coefficient (Wildman–Crippen LogP) is 1.99. The van der Waals surface area contributed by atoms with Crippen LogP contribution in [0.3, 0.4) is 0 Å². The van der Waals surface area contributed by atoms with Gasteiger partial charge in [0.05, 0.1) is 6.61 Å². The maximum absolute atomic E-state index is 12.0. The minimum Gasteiger partial charge on any atom is -0.456 e. The van der Waals surface area contributed by atoms with Crippen molar-refractivity contribution in [2.24, 2.45) is 0 Å². The summed E-state index contributed by atoms with van der Waals surface area (Å²) in [6.45, 7) is 5.85. The average molecular weight is 271 g/mol. The molecule has 0 spiro atoms. The minimum absolute atomic E-state index is 0.00402. The third-order valence-corrected chi connectivity index (χ3v) is 4.13. The summed E-state index contributed by atoms with van der Waals surface area (Å²) in [5.74, 6) is 0.961. The van der Waals surface area contributed by atoms with Crippen molar-refractivity contribution in [1.82, 2.24) is 5.32 Å². The standard InChI is InChI=1S/C13H21NO3S/c1-5-10-8(2)6-11(17-10)13(16)14-9(3)12(7-15)18-4/h6,9,12,15H,5,7H2,1-4H3,(H,14,16). The molecule has 2 atom stereocenters. The maximum atomic E-state index is 12.0. The Morgan fingerprint density at radius 1 is 1.61 bits per heavy atom. The fraction of sp³-hybridized carbons (Fsp3) is 0.615. The van der Waals surface area contributed by atoms with Crippen molar-refractivity contribution >= 4 is 17.7 Å². The number of hydrogen-bond donors (Lipinski definition) is 2. The number of hydrogen-bond acceptors (Lipinski definition) is 4. The molecule has 0 saturated heterocycles. The first-order valence-corrected chi connectivity index (χ1v) is 7.36. The lowest BCUT2D eigenvalue weighted by Gasteiger charge is -2.20. The van der Waals surface area contributed by atoms with Crippen LogP contribution in [0.5, 0.6) is 0 Å². The van der Waals surface area contributed by atoms with E-state index in [0.29, 0.717) is 5.76 Å². The first kappa shape index (κ1) is 15.1. The number of nitrogens with one attached hydrogen (secondary N) is 1. The van der Waals surface area contributed by atoms with Crippen molar-refractivity contribution in [3.63, 3.8) is 0 Å². The summed E-state index contributed by atoms with van der Waals surface area (Å²) in [6.07, 6.45) is 2.69. The third kappa shape index (κ3) is 3.53. The highest BCUT2D eigenvalue weighted by Crippen LogP contribution is 2.16. The minimum atomic E-state index is -0.224. The number of thioether (sulfide) groups is 1. The lowest BCUT2D eigenvalue weighted by Crippen LogP contribution is -2.41. The summed E-state index contributed by atoms with van der Waals surface area (Å²) in [4.78, 5) is 12.0. The van der Waals surface area contributed by atoms with Crippen LogP contribution in [0.15, 0.2) is 10.5 Å². The molecular weight excluding hydrogens is 250 g/mol. The number of aryl methyl sites for hydroxylation is 2. The van der Waals surface area contributed by atoms with E-state index in [1.165, 1.54) is 11.8 Å². The molecule has 1 heterocycles. The summed E-state index contributed by atoms with van der Waals surface area (Å²) in [7, 11) is 0. The Morgan fingerprint density at radius 3 is 2.72 bits per heavy atom. The molecule has 4 nitrogen and oxygen atoms in total. The summed E-state index contributed by atoms with van der Waals surface area (Å²) < 4.78 is 5.49. The van der Waals surface area contributed by atoms with Gasteiger partial charge in [-0.05, 0) is 31.7 Å². The van der Waals surface area contributed by atoms with Crippen LogP contribution >= 0.6 is 11.8 Å². The Balaban J connectivity index is 2.69. The van der Waals surface area contributed by atoms with Gasteiger partial charge in [0.2, 0.25) is 0 Å². The number of carbonyl (C=O) groups excluding carboxylic acids is 1. The van der Waals surface area contributed by atoms with Gasteiger partial charge >= 0.3 is 0 Å². The molecule has 2 unspecified atom stereocenters. The van der Waals surface area contributed by atoms with Crippen LogP contribution in [0.4, 0.5) is 0 Å². The quantitative estimate of drug-likeness (QED) is 0.830. The van der Waals surface area contributed by atoms with E-state index in [1.807, 2.05) is 27.0 Å². The molecule has 0 aliphatic carbocycles. The van der Waals surface area contributed by atoms with E-state index in [2.05, 4.69) is 5.32 Å². The second-order valence-electron chi connectivity index (χ2n) is 4.29. The summed E-state index contributed by atoms with van der Waals surface area (Å²) in [5.41, 5.74) is 0.999. The Morgan fingerprint density at radius 2 is 2.28 bits per heavy atom. The Bertz CT molecular complexity index is 399. The molecule has 102 valence electrons. The van der Waals surface area contributed by atoms with Crippen LogP contribution < -0.4 is 5.32 Å². The molecule has 0 fully saturated rings. The van der Waals surface area contributed by atoms with Crippen molar-refractivity contribution in [1.29, 1.82) is 0 Å². The number of carbonyl (C=O) groups is 1. The highest BCUT2D eigenvalue weighted by atomic mass is 32.2. The smallest absolute Gasteiger partial charge is 0.287 e. The highest BCUT2D eigenvalue weighted by Gasteiger charge is 2.20. The predicted molar refractivity (Wildman–Crippen MR) is 74.1 cm³/mol. The monoisotopic (exact) mass is 271 g/mol. The fourth-order valence-electron chi connectivity index (χ4n) is 1.79. The Hall–Kier alpha value is -0.940. The highest BCUT2D eigenvalue weighted by molar-refractivity contribution is 7.99. The van der Waals surface area contributed by atoms with Gasteiger partial charge in [0.1, 0.15) is 5.76 Å². The fourth-order valence-corrected chi connectivity index (χ4v) is 2.42. The zero-order valence-corrected chi connectivity index (χ0v) is 12.1. The van der Waals surface area contributed by atoms with Crippen molar-refractivity contribution in [3.05, 3.63) is 23.2 Å². The second-order valence-corrected chi connectivity index (χ2v) is 5.37. The van der Waals surface area contributed by atoms with Gasteiger partial charge in [-0.25, -0.2) is 0 Å². The zero-order valence-electron chi connectivity index (χ0n) is 11.3. The van der Waals surface area contributed by atoms with E-state index >= 15 is 0 Å². The van der Waals surface area contributed by atoms with Gasteiger partial charge in [-0.2, -0.15) is 11.8 Å². The van der Waals surface area contributed by atoms with Crippen molar-refractivity contribution in [3.8, 4) is 0 Å². The van der Waals surface area contributed by atoms with Gasteiger partial charge in [0.25, 0.3) is 5.91 Å². The largest absolute Gasteiger partial charge is 0.456 e. The number of rotatable bonds is 6. The topological polar surface area (TPSA) is 62.5 Å². The van der Waals surface area contributed by atoms with E-state index in [4.69, 9.17) is 4.42 Å². The number of amides is 1. The first-order valence-electron chi connectivity index (χ1n) is 6.07. The van der Waals surface area contributed by atoms with Crippen molar-refractivity contribution < 1.29 is 14.3 Å². The molecule has 0 radical (unpaired) electrons. The summed E-state index contributed by atoms with van der Waals surface area (Å²) in [6, 6.07) is 1.65. The zero-order chi connectivity index (χ0) is 13.7. The van der Waals surface area contributed by atoms with E-state index < -0.39 is 0 Å². The number of furan rings is 1. The summed E-state index contributed by atoms with van der Waals surface area (Å²) >= 11 is 1.53. The molecule has 0 aliphatic rings. The molecule has 5 heteroatoms. The van der Waals surface area contributed by atoms with Crippen LogP contribution in [0.1, 0.15) is 35.7 Å². The van der Waals surface area contributed by atoms with E-state index in [9.17, 15) is 9.90 Å². The summed E-state index contributed by atoms with van der Waals surface area (Å²) in [5, 5.41) is 12.0. The van der Waals surface area contributed by atoms with Gasteiger partial charge in [0, 0.05) is 17.7 Å². The number of aliphatic hydroxyl groups is 1. The molecule has 18 heavy (non-hydrogen) atoms. The Labute approximate surface area is 112 Å². The van der Waals surface area contributed by atoms with Crippen LogP contribution in [0.25, 0.3) is 0 Å². The van der Waals surface area contributed by atoms with Crippen LogP contribution in [-0.4, -0.2) is 35.2 Å². The van der Waals surface area contributed by atoms with Crippen LogP contribution in [0, 0.1) is 6.92 Å². The first-order chi connectivity index (χ1) is 8.53. The second kappa shape index (κ2) is 6.85. The van der Waals surface area contributed by atoms with Crippen molar-refractivity contribution in [2.45, 2.75) is 38.5 Å². The van der Waals surface area contributed by atoms with E-state index in [1.54, 1.807) is 6.07 Å². The molecule has 0 aromatic carbocycles. The molecule has 1 aromatic rings. The molecule has 0 aliphatic heterocycles. The lowest BCUT2D eigenvalue weighted by atomic mass is 10.2. The number of aliphatic hydroxyl groups excluding tert-OH is 1. The maximum Gasteiger partial charge on any atom is 0.287 e. The van der Waals surface area contributed by atoms with Crippen LogP contribution in [0.2, 0.25) is 0 Å². The van der Waals surface area contributed by atoms with E-state index in [-0.39, 0.29) is 23.8 Å². The Kier molecular flexibility index (Phi) is 5.75. The third-order valence-electron chi connectivity index (χ3n) is 2.96. The molecule has 0 bridgehead atoms.